The summed E-state index contributed by atoms with van der Waals surface area (Å²) in [4.78, 5) is 8.29. The van der Waals surface area contributed by atoms with Gasteiger partial charge in [0.05, 0.1) is 0 Å². The first-order valence-electron chi connectivity index (χ1n) is 5.04. The summed E-state index contributed by atoms with van der Waals surface area (Å²) in [7, 11) is 0. The molecule has 0 unspecified atom stereocenters. The fourth-order valence-electron chi connectivity index (χ4n) is 1.42. The largest absolute Gasteiger partial charge is 0.352 e. The van der Waals surface area contributed by atoms with Gasteiger partial charge in [-0.2, -0.15) is 0 Å². The van der Waals surface area contributed by atoms with Crippen LogP contribution in [0.2, 0.25) is 0 Å². The van der Waals surface area contributed by atoms with Gasteiger partial charge in [-0.15, -0.1) is 0 Å². The maximum atomic E-state index is 4.23. The van der Waals surface area contributed by atoms with Crippen LogP contribution in [-0.2, 0) is 13.1 Å². The lowest BCUT2D eigenvalue weighted by Gasteiger charge is -2.07. The Labute approximate surface area is 89.0 Å². The topological polar surface area (TPSA) is 42.7 Å². The normalized spacial score (nSPS) is 10.2. The van der Waals surface area contributed by atoms with E-state index >= 15 is 0 Å². The van der Waals surface area contributed by atoms with Crippen LogP contribution >= 0.6 is 0 Å². The summed E-state index contributed by atoms with van der Waals surface area (Å²) in [5.74, 6) is 0.904. The van der Waals surface area contributed by atoms with Crippen LogP contribution in [0.5, 0.6) is 0 Å². The zero-order valence-corrected chi connectivity index (χ0v) is 8.72. The molecule has 0 saturated heterocycles. The molecule has 0 atom stereocenters. The molecule has 0 aromatic carbocycles. The SMILES string of the molecule is CCn1ccnc1NCc1cccnc1. The van der Waals surface area contributed by atoms with Gasteiger partial charge in [0.1, 0.15) is 0 Å². The predicted molar refractivity (Wildman–Crippen MR) is 59.5 cm³/mol. The molecule has 2 rings (SSSR count). The predicted octanol–water partition coefficient (Wildman–Crippen LogP) is 1.91. The Bertz CT molecular complexity index is 408. The number of pyridine rings is 1. The number of hydrogen-bond acceptors (Lipinski definition) is 3. The van der Waals surface area contributed by atoms with Crippen molar-refractivity contribution in [1.29, 1.82) is 0 Å². The molecule has 2 aromatic rings. The third-order valence-electron chi connectivity index (χ3n) is 2.23. The Balaban J connectivity index is 1.99. The molecule has 0 radical (unpaired) electrons. The summed E-state index contributed by atoms with van der Waals surface area (Å²) in [6, 6.07) is 3.97. The monoisotopic (exact) mass is 202 g/mol. The van der Waals surface area contributed by atoms with Gasteiger partial charge >= 0.3 is 0 Å². The summed E-state index contributed by atoms with van der Waals surface area (Å²) in [6.07, 6.45) is 7.39. The standard InChI is InChI=1S/C11H14N4/c1-2-15-7-6-13-11(15)14-9-10-4-3-5-12-8-10/h3-8H,2,9H2,1H3,(H,13,14). The van der Waals surface area contributed by atoms with E-state index < -0.39 is 0 Å². The molecule has 0 spiro atoms. The molecule has 0 aliphatic carbocycles. The van der Waals surface area contributed by atoms with Crippen molar-refractivity contribution in [1.82, 2.24) is 14.5 Å². The van der Waals surface area contributed by atoms with E-state index in [1.165, 1.54) is 0 Å². The van der Waals surface area contributed by atoms with Gasteiger partial charge in [0.25, 0.3) is 0 Å². The number of aromatic nitrogens is 3. The highest BCUT2D eigenvalue weighted by Crippen LogP contribution is 2.06. The molecule has 0 aliphatic heterocycles. The summed E-state index contributed by atoms with van der Waals surface area (Å²) in [5, 5.41) is 3.27. The van der Waals surface area contributed by atoms with Gasteiger partial charge < -0.3 is 9.88 Å². The molecular formula is C11H14N4. The number of nitrogens with one attached hydrogen (secondary N) is 1. The quantitative estimate of drug-likeness (QED) is 0.823. The molecule has 0 fully saturated rings. The maximum absolute atomic E-state index is 4.23. The Morgan fingerprint density at radius 3 is 3.07 bits per heavy atom. The molecule has 1 N–H and O–H groups in total. The van der Waals surface area contributed by atoms with E-state index in [0.717, 1.165) is 24.6 Å². The zero-order chi connectivity index (χ0) is 10.5. The van der Waals surface area contributed by atoms with E-state index in [1.54, 1.807) is 12.4 Å². The van der Waals surface area contributed by atoms with Crippen LogP contribution in [0.1, 0.15) is 12.5 Å². The highest BCUT2D eigenvalue weighted by molar-refractivity contribution is 5.27. The second kappa shape index (κ2) is 4.59. The smallest absolute Gasteiger partial charge is 0.203 e. The lowest BCUT2D eigenvalue weighted by Crippen LogP contribution is -2.06. The molecule has 0 bridgehead atoms. The third kappa shape index (κ3) is 2.34. The van der Waals surface area contributed by atoms with Crippen LogP contribution in [0.15, 0.2) is 36.9 Å². The lowest BCUT2D eigenvalue weighted by atomic mass is 10.3. The molecule has 0 aliphatic rings. The van der Waals surface area contributed by atoms with Crippen LogP contribution in [0, 0.1) is 0 Å². The van der Waals surface area contributed by atoms with Gasteiger partial charge in [-0.1, -0.05) is 6.07 Å². The minimum absolute atomic E-state index is 0.755. The van der Waals surface area contributed by atoms with Crippen molar-refractivity contribution >= 4 is 5.95 Å². The van der Waals surface area contributed by atoms with E-state index in [9.17, 15) is 0 Å². The lowest BCUT2D eigenvalue weighted by molar-refractivity contribution is 0.763. The first-order valence-corrected chi connectivity index (χ1v) is 5.04. The number of nitrogens with zero attached hydrogens (tertiary/aromatic N) is 3. The van der Waals surface area contributed by atoms with Gasteiger partial charge in [0.2, 0.25) is 5.95 Å². The number of imidazole rings is 1. The van der Waals surface area contributed by atoms with Crippen molar-refractivity contribution in [2.45, 2.75) is 20.0 Å². The summed E-state index contributed by atoms with van der Waals surface area (Å²) >= 11 is 0. The highest BCUT2D eigenvalue weighted by Gasteiger charge is 1.99. The van der Waals surface area contributed by atoms with Crippen LogP contribution in [-0.4, -0.2) is 14.5 Å². The van der Waals surface area contributed by atoms with E-state index in [0.29, 0.717) is 0 Å². The molecule has 0 amide bonds. The van der Waals surface area contributed by atoms with Crippen molar-refractivity contribution in [3.05, 3.63) is 42.5 Å². The first kappa shape index (κ1) is 9.71. The van der Waals surface area contributed by atoms with E-state index in [1.807, 2.05) is 24.5 Å². The Morgan fingerprint density at radius 1 is 1.40 bits per heavy atom. The summed E-state index contributed by atoms with van der Waals surface area (Å²) in [6.45, 7) is 3.77. The fourth-order valence-corrected chi connectivity index (χ4v) is 1.42. The van der Waals surface area contributed by atoms with E-state index in [2.05, 4.69) is 26.8 Å². The van der Waals surface area contributed by atoms with Crippen LogP contribution in [0.25, 0.3) is 0 Å². The van der Waals surface area contributed by atoms with E-state index in [4.69, 9.17) is 0 Å². The number of anilines is 1. The molecule has 15 heavy (non-hydrogen) atoms. The van der Waals surface area contributed by atoms with Gasteiger partial charge in [-0.25, -0.2) is 4.98 Å². The highest BCUT2D eigenvalue weighted by atomic mass is 15.2. The average Bonchev–Trinajstić information content (AvgIpc) is 2.75. The van der Waals surface area contributed by atoms with Crippen molar-refractivity contribution in [2.75, 3.05) is 5.32 Å². The van der Waals surface area contributed by atoms with Gasteiger partial charge in [0, 0.05) is 37.9 Å². The Kier molecular flexibility index (Phi) is 2.97. The van der Waals surface area contributed by atoms with Gasteiger partial charge in [0.15, 0.2) is 0 Å². The molecule has 78 valence electrons. The average molecular weight is 202 g/mol. The fraction of sp³-hybridized carbons (Fsp3) is 0.273. The number of aryl methyl sites for hydroxylation is 1. The van der Waals surface area contributed by atoms with Crippen LogP contribution in [0.3, 0.4) is 0 Å². The Morgan fingerprint density at radius 2 is 2.33 bits per heavy atom. The summed E-state index contributed by atoms with van der Waals surface area (Å²) in [5.41, 5.74) is 1.16. The second-order valence-electron chi connectivity index (χ2n) is 3.25. The number of rotatable bonds is 4. The minimum atomic E-state index is 0.755. The first-order chi connectivity index (χ1) is 7.40. The van der Waals surface area contributed by atoms with E-state index in [-0.39, 0.29) is 0 Å². The molecule has 0 saturated carbocycles. The van der Waals surface area contributed by atoms with Gasteiger partial charge in [-0.3, -0.25) is 4.98 Å². The number of hydrogen-bond donors (Lipinski definition) is 1. The van der Waals surface area contributed by atoms with Crippen molar-refractivity contribution < 1.29 is 0 Å². The van der Waals surface area contributed by atoms with Crippen molar-refractivity contribution in [3.8, 4) is 0 Å². The molecule has 2 aromatic heterocycles. The van der Waals surface area contributed by atoms with Crippen molar-refractivity contribution in [3.63, 3.8) is 0 Å². The zero-order valence-electron chi connectivity index (χ0n) is 8.72. The van der Waals surface area contributed by atoms with Gasteiger partial charge in [-0.05, 0) is 18.6 Å². The second-order valence-corrected chi connectivity index (χ2v) is 3.25. The van der Waals surface area contributed by atoms with Crippen molar-refractivity contribution in [2.24, 2.45) is 0 Å². The molecule has 4 heteroatoms. The maximum Gasteiger partial charge on any atom is 0.203 e. The third-order valence-corrected chi connectivity index (χ3v) is 2.23. The molecule has 2 heterocycles. The molecule has 4 nitrogen and oxygen atoms in total. The Hall–Kier alpha value is -1.84. The summed E-state index contributed by atoms with van der Waals surface area (Å²) < 4.78 is 2.07. The minimum Gasteiger partial charge on any atom is -0.352 e. The molecular weight excluding hydrogens is 188 g/mol. The van der Waals surface area contributed by atoms with Crippen LogP contribution in [0.4, 0.5) is 5.95 Å². The van der Waals surface area contributed by atoms with Crippen LogP contribution < -0.4 is 5.32 Å².